The molecule has 0 amide bonds. The zero-order chi connectivity index (χ0) is 11.6. The molecule has 1 heterocycles. The van der Waals surface area contributed by atoms with Crippen LogP contribution in [0.2, 0.25) is 0 Å². The van der Waals surface area contributed by atoms with E-state index in [1.807, 2.05) is 4.57 Å². The Morgan fingerprint density at radius 1 is 1.47 bits per heavy atom. The second kappa shape index (κ2) is 3.98. The molecule has 0 unspecified atom stereocenters. The minimum atomic E-state index is -0.0339. The van der Waals surface area contributed by atoms with Crippen LogP contribution in [0.4, 0.5) is 5.82 Å². The summed E-state index contributed by atoms with van der Waals surface area (Å²) in [5.41, 5.74) is 6.96. The zero-order valence-corrected chi connectivity index (χ0v) is 9.96. The van der Waals surface area contributed by atoms with Gasteiger partial charge in [-0.3, -0.25) is 0 Å². The van der Waals surface area contributed by atoms with Crippen LogP contribution in [0.15, 0.2) is 0 Å². The first-order chi connectivity index (χ1) is 6.91. The van der Waals surface area contributed by atoms with Crippen LogP contribution in [0.3, 0.4) is 0 Å². The number of rotatable bonds is 2. The molecule has 0 atom stereocenters. The molecule has 15 heavy (non-hydrogen) atoms. The third-order valence-corrected chi connectivity index (χ3v) is 2.36. The summed E-state index contributed by atoms with van der Waals surface area (Å²) < 4.78 is 1.92. The van der Waals surface area contributed by atoms with E-state index >= 15 is 0 Å². The monoisotopic (exact) mass is 205 g/mol. The van der Waals surface area contributed by atoms with Gasteiger partial charge >= 0.3 is 0 Å². The quantitative estimate of drug-likeness (QED) is 0.750. The van der Waals surface area contributed by atoms with Gasteiger partial charge in [0, 0.05) is 11.8 Å². The van der Waals surface area contributed by atoms with Crippen LogP contribution in [0.5, 0.6) is 0 Å². The Kier molecular flexibility index (Phi) is 3.09. The van der Waals surface area contributed by atoms with Crippen molar-refractivity contribution in [1.29, 1.82) is 0 Å². The Morgan fingerprint density at radius 3 is 2.47 bits per heavy atom. The Morgan fingerprint density at radius 2 is 2.07 bits per heavy atom. The van der Waals surface area contributed by atoms with E-state index in [-0.39, 0.29) is 5.41 Å². The first-order valence-corrected chi connectivity index (χ1v) is 5.20. The number of aryl methyl sites for hydroxylation is 1. The van der Waals surface area contributed by atoms with Gasteiger partial charge in [0.1, 0.15) is 11.6 Å². The van der Waals surface area contributed by atoms with Crippen LogP contribution in [-0.4, -0.2) is 9.55 Å². The van der Waals surface area contributed by atoms with Gasteiger partial charge in [0.25, 0.3) is 0 Å². The summed E-state index contributed by atoms with van der Waals surface area (Å²) in [4.78, 5) is 4.56. The van der Waals surface area contributed by atoms with Crippen LogP contribution in [0.25, 0.3) is 0 Å². The molecular formula is C12H19N3. The maximum Gasteiger partial charge on any atom is 0.128 e. The lowest BCUT2D eigenvalue weighted by atomic mass is 9.92. The Bertz CT molecular complexity index is 388. The average molecular weight is 205 g/mol. The van der Waals surface area contributed by atoms with Gasteiger partial charge in [0.2, 0.25) is 0 Å². The molecular weight excluding hydrogens is 186 g/mol. The highest BCUT2D eigenvalue weighted by Crippen LogP contribution is 2.27. The molecule has 0 aliphatic rings. The molecule has 1 rings (SSSR count). The SMILES string of the molecule is C#CCn1c(CC)nc(C(C)(C)C)c1N. The molecule has 82 valence electrons. The number of nitrogen functional groups attached to an aromatic ring is 1. The molecule has 0 aromatic carbocycles. The summed E-state index contributed by atoms with van der Waals surface area (Å²) in [7, 11) is 0. The van der Waals surface area contributed by atoms with Gasteiger partial charge in [-0.25, -0.2) is 4.98 Å². The molecule has 0 saturated heterocycles. The highest BCUT2D eigenvalue weighted by Gasteiger charge is 2.23. The molecule has 1 aromatic rings. The van der Waals surface area contributed by atoms with Crippen molar-refractivity contribution in [2.24, 2.45) is 0 Å². The first-order valence-electron chi connectivity index (χ1n) is 5.20. The molecule has 0 aliphatic heterocycles. The Hall–Kier alpha value is -1.43. The standard InChI is InChI=1S/C12H19N3/c1-6-8-15-9(7-2)14-10(11(15)13)12(3,4)5/h1H,7-8,13H2,2-5H3. The number of hydrogen-bond acceptors (Lipinski definition) is 2. The fourth-order valence-electron chi connectivity index (χ4n) is 1.60. The number of terminal acetylenes is 1. The van der Waals surface area contributed by atoms with Crippen molar-refractivity contribution in [1.82, 2.24) is 9.55 Å². The lowest BCUT2D eigenvalue weighted by Gasteiger charge is -2.16. The maximum atomic E-state index is 6.06. The lowest BCUT2D eigenvalue weighted by molar-refractivity contribution is 0.573. The normalized spacial score (nSPS) is 11.4. The van der Waals surface area contributed by atoms with Crippen molar-refractivity contribution in [2.45, 2.75) is 46.1 Å². The van der Waals surface area contributed by atoms with Crippen LogP contribution < -0.4 is 5.73 Å². The van der Waals surface area contributed by atoms with Gasteiger partial charge in [-0.1, -0.05) is 33.6 Å². The summed E-state index contributed by atoms with van der Waals surface area (Å²) in [5.74, 6) is 4.28. The van der Waals surface area contributed by atoms with Crippen molar-refractivity contribution in [3.8, 4) is 12.3 Å². The maximum absolute atomic E-state index is 6.06. The number of nitrogens with two attached hydrogens (primary N) is 1. The molecule has 0 spiro atoms. The molecule has 3 nitrogen and oxygen atoms in total. The molecule has 0 bridgehead atoms. The predicted octanol–water partition coefficient (Wildman–Crippen LogP) is 1.96. The number of anilines is 1. The first kappa shape index (κ1) is 11.6. The minimum absolute atomic E-state index is 0.0339. The van der Waals surface area contributed by atoms with Crippen molar-refractivity contribution in [2.75, 3.05) is 5.73 Å². The Balaban J connectivity index is 3.29. The van der Waals surface area contributed by atoms with E-state index in [0.29, 0.717) is 12.4 Å². The molecule has 0 radical (unpaired) electrons. The summed E-state index contributed by atoms with van der Waals surface area (Å²) in [6.07, 6.45) is 6.17. The van der Waals surface area contributed by atoms with Gasteiger partial charge < -0.3 is 10.3 Å². The second-order valence-electron chi connectivity index (χ2n) is 4.66. The van der Waals surface area contributed by atoms with Crippen LogP contribution in [0.1, 0.15) is 39.2 Å². The van der Waals surface area contributed by atoms with E-state index in [2.05, 4.69) is 38.6 Å². The van der Waals surface area contributed by atoms with E-state index in [1.54, 1.807) is 0 Å². The number of hydrogen-bond donors (Lipinski definition) is 1. The molecule has 0 fully saturated rings. The smallest absolute Gasteiger partial charge is 0.128 e. The number of aromatic nitrogens is 2. The third-order valence-electron chi connectivity index (χ3n) is 2.36. The molecule has 0 saturated carbocycles. The molecule has 0 aliphatic carbocycles. The highest BCUT2D eigenvalue weighted by atomic mass is 15.1. The van der Waals surface area contributed by atoms with Crippen molar-refractivity contribution >= 4 is 5.82 Å². The van der Waals surface area contributed by atoms with Gasteiger partial charge in [0.15, 0.2) is 0 Å². The van der Waals surface area contributed by atoms with E-state index < -0.39 is 0 Å². The summed E-state index contributed by atoms with van der Waals surface area (Å²) in [5, 5.41) is 0. The van der Waals surface area contributed by atoms with Gasteiger partial charge in [0.05, 0.1) is 12.2 Å². The Labute approximate surface area is 91.7 Å². The third kappa shape index (κ3) is 2.15. The van der Waals surface area contributed by atoms with Gasteiger partial charge in [-0.2, -0.15) is 0 Å². The average Bonchev–Trinajstić information content (AvgIpc) is 2.44. The van der Waals surface area contributed by atoms with Crippen molar-refractivity contribution < 1.29 is 0 Å². The zero-order valence-electron chi connectivity index (χ0n) is 9.96. The van der Waals surface area contributed by atoms with Gasteiger partial charge in [-0.15, -0.1) is 6.42 Å². The van der Waals surface area contributed by atoms with E-state index in [4.69, 9.17) is 12.2 Å². The number of imidazole rings is 1. The summed E-state index contributed by atoms with van der Waals surface area (Å²) in [6.45, 7) is 8.86. The topological polar surface area (TPSA) is 43.8 Å². The van der Waals surface area contributed by atoms with Gasteiger partial charge in [-0.05, 0) is 0 Å². The summed E-state index contributed by atoms with van der Waals surface area (Å²) >= 11 is 0. The molecule has 1 aromatic heterocycles. The predicted molar refractivity (Wildman–Crippen MR) is 63.6 cm³/mol. The second-order valence-corrected chi connectivity index (χ2v) is 4.66. The van der Waals surface area contributed by atoms with E-state index in [1.165, 1.54) is 0 Å². The minimum Gasteiger partial charge on any atom is -0.383 e. The van der Waals surface area contributed by atoms with Crippen LogP contribution in [-0.2, 0) is 18.4 Å². The fraction of sp³-hybridized carbons (Fsp3) is 0.583. The lowest BCUT2D eigenvalue weighted by Crippen LogP contribution is -2.15. The van der Waals surface area contributed by atoms with Crippen LogP contribution >= 0.6 is 0 Å². The largest absolute Gasteiger partial charge is 0.383 e. The summed E-state index contributed by atoms with van der Waals surface area (Å²) in [6, 6.07) is 0. The van der Waals surface area contributed by atoms with Crippen molar-refractivity contribution in [3.63, 3.8) is 0 Å². The van der Waals surface area contributed by atoms with E-state index in [9.17, 15) is 0 Å². The van der Waals surface area contributed by atoms with E-state index in [0.717, 1.165) is 17.9 Å². The van der Waals surface area contributed by atoms with Crippen LogP contribution in [0, 0.1) is 12.3 Å². The molecule has 3 heteroatoms. The van der Waals surface area contributed by atoms with Crippen molar-refractivity contribution in [3.05, 3.63) is 11.5 Å². The highest BCUT2D eigenvalue weighted by molar-refractivity contribution is 5.42. The molecule has 2 N–H and O–H groups in total. The fourth-order valence-corrected chi connectivity index (χ4v) is 1.60. The number of nitrogens with zero attached hydrogens (tertiary/aromatic N) is 2.